The highest BCUT2D eigenvalue weighted by molar-refractivity contribution is 5.32. The summed E-state index contributed by atoms with van der Waals surface area (Å²) in [5.41, 5.74) is 1.19. The van der Waals surface area contributed by atoms with Gasteiger partial charge in [0.05, 0.1) is 12.4 Å². The number of piperidine rings is 1. The zero-order valence-electron chi connectivity index (χ0n) is 11.6. The summed E-state index contributed by atoms with van der Waals surface area (Å²) in [6, 6.07) is 8.16. The van der Waals surface area contributed by atoms with Gasteiger partial charge in [-0.15, -0.1) is 5.10 Å². The van der Waals surface area contributed by atoms with Crippen LogP contribution in [0.3, 0.4) is 0 Å². The summed E-state index contributed by atoms with van der Waals surface area (Å²) in [5, 5.41) is 7.92. The maximum absolute atomic E-state index is 6.09. The van der Waals surface area contributed by atoms with Gasteiger partial charge in [0.2, 0.25) is 5.95 Å². The topological polar surface area (TPSA) is 51.1 Å². The van der Waals surface area contributed by atoms with Crippen molar-refractivity contribution in [3.05, 3.63) is 42.2 Å². The molecule has 0 saturated carbocycles. The predicted octanol–water partition coefficient (Wildman–Crippen LogP) is 2.23. The lowest BCUT2D eigenvalue weighted by Gasteiger charge is -2.32. The number of aromatic nitrogens is 3. The second kappa shape index (κ2) is 5.86. The minimum atomic E-state index is 0.268. The molecular weight excluding hydrogens is 252 g/mol. The van der Waals surface area contributed by atoms with Gasteiger partial charge >= 0.3 is 0 Å². The molecule has 0 N–H and O–H groups in total. The third-order valence-electron chi connectivity index (χ3n) is 3.58. The van der Waals surface area contributed by atoms with Gasteiger partial charge in [0.25, 0.3) is 0 Å². The molecule has 104 valence electrons. The van der Waals surface area contributed by atoms with Gasteiger partial charge in [-0.25, -0.2) is 4.98 Å². The van der Waals surface area contributed by atoms with Crippen LogP contribution in [0.4, 0.5) is 5.95 Å². The molecule has 0 radical (unpaired) electrons. The average molecular weight is 270 g/mol. The number of ether oxygens (including phenoxy) is 1. The molecule has 0 spiro atoms. The van der Waals surface area contributed by atoms with E-state index in [1.165, 1.54) is 5.56 Å². The first-order chi connectivity index (χ1) is 9.83. The molecular formula is C15H18N4O. The first kappa shape index (κ1) is 12.8. The molecule has 0 aliphatic carbocycles. The van der Waals surface area contributed by atoms with E-state index in [1.807, 2.05) is 18.2 Å². The number of aryl methyl sites for hydroxylation is 1. The Kier molecular flexibility index (Phi) is 3.76. The predicted molar refractivity (Wildman–Crippen MR) is 76.9 cm³/mol. The van der Waals surface area contributed by atoms with E-state index < -0.39 is 0 Å². The number of hydrogen-bond acceptors (Lipinski definition) is 5. The van der Waals surface area contributed by atoms with Gasteiger partial charge in [-0.3, -0.25) is 0 Å². The summed E-state index contributed by atoms with van der Waals surface area (Å²) in [6.07, 6.45) is 5.50. The van der Waals surface area contributed by atoms with E-state index in [0.717, 1.165) is 31.7 Å². The fraction of sp³-hybridized carbons (Fsp3) is 0.400. The van der Waals surface area contributed by atoms with Crippen molar-refractivity contribution in [1.82, 2.24) is 15.2 Å². The van der Waals surface area contributed by atoms with Gasteiger partial charge in [-0.2, -0.15) is 5.10 Å². The van der Waals surface area contributed by atoms with E-state index in [0.29, 0.717) is 5.95 Å². The molecule has 5 nitrogen and oxygen atoms in total. The zero-order chi connectivity index (χ0) is 13.8. The zero-order valence-corrected chi connectivity index (χ0v) is 11.6. The molecule has 1 saturated heterocycles. The van der Waals surface area contributed by atoms with Crippen molar-refractivity contribution in [3.63, 3.8) is 0 Å². The van der Waals surface area contributed by atoms with E-state index in [2.05, 4.69) is 33.1 Å². The molecule has 0 amide bonds. The highest BCUT2D eigenvalue weighted by Gasteiger charge is 2.22. The standard InChI is InChI=1S/C15H18N4O/c1-12-4-2-3-5-14(12)20-13-6-10-19(11-7-13)15-16-8-9-17-18-15/h2-5,8-9,13H,6-7,10-11H2,1H3. The molecule has 1 aromatic carbocycles. The largest absolute Gasteiger partial charge is 0.490 e. The molecule has 2 heterocycles. The Morgan fingerprint density at radius 1 is 1.15 bits per heavy atom. The lowest BCUT2D eigenvalue weighted by molar-refractivity contribution is 0.169. The van der Waals surface area contributed by atoms with E-state index in [9.17, 15) is 0 Å². The minimum absolute atomic E-state index is 0.268. The fourth-order valence-electron chi connectivity index (χ4n) is 2.43. The first-order valence-corrected chi connectivity index (χ1v) is 6.94. The number of anilines is 1. The van der Waals surface area contributed by atoms with Crippen LogP contribution in [-0.4, -0.2) is 34.4 Å². The number of benzene rings is 1. The van der Waals surface area contributed by atoms with Gasteiger partial charge in [0, 0.05) is 25.9 Å². The summed E-state index contributed by atoms with van der Waals surface area (Å²) >= 11 is 0. The van der Waals surface area contributed by atoms with Crippen molar-refractivity contribution in [2.24, 2.45) is 0 Å². The highest BCUT2D eigenvalue weighted by atomic mass is 16.5. The Morgan fingerprint density at radius 2 is 1.95 bits per heavy atom. The van der Waals surface area contributed by atoms with E-state index in [-0.39, 0.29) is 6.10 Å². The monoisotopic (exact) mass is 270 g/mol. The third-order valence-corrected chi connectivity index (χ3v) is 3.58. The van der Waals surface area contributed by atoms with E-state index in [4.69, 9.17) is 4.74 Å². The van der Waals surface area contributed by atoms with Gasteiger partial charge in [-0.1, -0.05) is 18.2 Å². The lowest BCUT2D eigenvalue weighted by Crippen LogP contribution is -2.39. The average Bonchev–Trinajstić information content (AvgIpc) is 2.51. The Morgan fingerprint density at radius 3 is 2.65 bits per heavy atom. The van der Waals surface area contributed by atoms with Crippen molar-refractivity contribution >= 4 is 5.95 Å². The number of rotatable bonds is 3. The van der Waals surface area contributed by atoms with Gasteiger partial charge in [0.15, 0.2) is 0 Å². The SMILES string of the molecule is Cc1ccccc1OC1CCN(c2nccnn2)CC1. The van der Waals surface area contributed by atoms with Crippen molar-refractivity contribution < 1.29 is 4.74 Å². The summed E-state index contributed by atoms with van der Waals surface area (Å²) < 4.78 is 6.09. The quantitative estimate of drug-likeness (QED) is 0.856. The van der Waals surface area contributed by atoms with Crippen LogP contribution >= 0.6 is 0 Å². The molecule has 0 unspecified atom stereocenters. The molecule has 20 heavy (non-hydrogen) atoms. The van der Waals surface area contributed by atoms with Crippen LogP contribution < -0.4 is 9.64 Å². The van der Waals surface area contributed by atoms with Crippen LogP contribution in [-0.2, 0) is 0 Å². The van der Waals surface area contributed by atoms with Gasteiger partial charge in [-0.05, 0) is 18.6 Å². The summed E-state index contributed by atoms with van der Waals surface area (Å²) in [4.78, 5) is 6.39. The Labute approximate surface area is 118 Å². The van der Waals surface area contributed by atoms with Crippen molar-refractivity contribution in [2.75, 3.05) is 18.0 Å². The molecule has 1 aliphatic heterocycles. The van der Waals surface area contributed by atoms with Crippen LogP contribution in [0.5, 0.6) is 5.75 Å². The second-order valence-corrected chi connectivity index (χ2v) is 5.01. The minimum Gasteiger partial charge on any atom is -0.490 e. The van der Waals surface area contributed by atoms with Gasteiger partial charge in [0.1, 0.15) is 11.9 Å². The van der Waals surface area contributed by atoms with Crippen LogP contribution in [0, 0.1) is 6.92 Å². The summed E-state index contributed by atoms with van der Waals surface area (Å²) in [6.45, 7) is 3.89. The lowest BCUT2D eigenvalue weighted by atomic mass is 10.1. The number of nitrogens with zero attached hydrogens (tertiary/aromatic N) is 4. The van der Waals surface area contributed by atoms with Crippen molar-refractivity contribution in [2.45, 2.75) is 25.9 Å². The van der Waals surface area contributed by atoms with E-state index >= 15 is 0 Å². The van der Waals surface area contributed by atoms with E-state index in [1.54, 1.807) is 12.4 Å². The van der Waals surface area contributed by atoms with Gasteiger partial charge < -0.3 is 9.64 Å². The maximum atomic E-state index is 6.09. The third kappa shape index (κ3) is 2.87. The Balaban J connectivity index is 1.58. The molecule has 0 atom stereocenters. The fourth-order valence-corrected chi connectivity index (χ4v) is 2.43. The van der Waals surface area contributed by atoms with Crippen LogP contribution in [0.2, 0.25) is 0 Å². The van der Waals surface area contributed by atoms with Crippen molar-refractivity contribution in [3.8, 4) is 5.75 Å². The normalized spacial score (nSPS) is 16.1. The molecule has 3 rings (SSSR count). The number of para-hydroxylation sites is 1. The summed E-state index contributed by atoms with van der Waals surface area (Å²) in [7, 11) is 0. The van der Waals surface area contributed by atoms with Crippen molar-refractivity contribution in [1.29, 1.82) is 0 Å². The summed E-state index contributed by atoms with van der Waals surface area (Å²) in [5.74, 6) is 1.70. The van der Waals surface area contributed by atoms with Crippen LogP contribution in [0.15, 0.2) is 36.7 Å². The maximum Gasteiger partial charge on any atom is 0.245 e. The smallest absolute Gasteiger partial charge is 0.245 e. The Bertz CT molecular complexity index is 553. The Hall–Kier alpha value is -2.17. The van der Waals surface area contributed by atoms with Crippen LogP contribution in [0.25, 0.3) is 0 Å². The molecule has 1 aliphatic rings. The molecule has 1 aromatic heterocycles. The molecule has 1 fully saturated rings. The van der Waals surface area contributed by atoms with Crippen LogP contribution in [0.1, 0.15) is 18.4 Å². The molecule has 5 heteroatoms. The second-order valence-electron chi connectivity index (χ2n) is 5.01. The first-order valence-electron chi connectivity index (χ1n) is 6.94. The molecule has 0 bridgehead atoms. The molecule has 2 aromatic rings. The number of hydrogen-bond donors (Lipinski definition) is 0. The highest BCUT2D eigenvalue weighted by Crippen LogP contribution is 2.23.